The van der Waals surface area contributed by atoms with E-state index < -0.39 is 10.2 Å². The van der Waals surface area contributed by atoms with Crippen molar-refractivity contribution < 1.29 is 17.9 Å². The van der Waals surface area contributed by atoms with Gasteiger partial charge in [0.2, 0.25) is 5.91 Å². The molecule has 2 rings (SSSR count). The number of ether oxygens (including phenoxy) is 1. The number of hydrogen-bond donors (Lipinski definition) is 1. The molecule has 1 aliphatic rings. The van der Waals surface area contributed by atoms with Crippen LogP contribution in [0.4, 0.5) is 0 Å². The lowest BCUT2D eigenvalue weighted by molar-refractivity contribution is -0.126. The van der Waals surface area contributed by atoms with Gasteiger partial charge < -0.3 is 10.1 Å². The van der Waals surface area contributed by atoms with Gasteiger partial charge in [-0.2, -0.15) is 17.0 Å². The summed E-state index contributed by atoms with van der Waals surface area (Å²) in [5.74, 6) is 0.594. The lowest BCUT2D eigenvalue weighted by Gasteiger charge is -2.32. The Bertz CT molecular complexity index is 680. The van der Waals surface area contributed by atoms with Crippen molar-refractivity contribution in [3.05, 3.63) is 29.8 Å². The monoisotopic (exact) mass is 369 g/mol. The van der Waals surface area contributed by atoms with E-state index in [-0.39, 0.29) is 17.9 Å². The number of piperidine rings is 1. The molecule has 1 amide bonds. The molecule has 1 aromatic rings. The first-order valence-corrected chi connectivity index (χ1v) is 9.77. The van der Waals surface area contributed by atoms with E-state index in [9.17, 15) is 13.2 Å². The number of hydrogen-bond acceptors (Lipinski definition) is 4. The molecule has 1 aromatic carbocycles. The number of amides is 1. The normalized spacial score (nSPS) is 18.1. The molecule has 1 heterocycles. The van der Waals surface area contributed by atoms with Crippen LogP contribution >= 0.6 is 0 Å². The van der Waals surface area contributed by atoms with Crippen LogP contribution in [0.15, 0.2) is 24.3 Å². The van der Waals surface area contributed by atoms with Crippen LogP contribution in [0.2, 0.25) is 0 Å². The van der Waals surface area contributed by atoms with E-state index in [1.807, 2.05) is 31.2 Å². The maximum atomic E-state index is 12.5. The number of benzene rings is 1. The number of methoxy groups -OCH3 is 1. The molecule has 0 bridgehead atoms. The maximum absolute atomic E-state index is 12.5. The van der Waals surface area contributed by atoms with Gasteiger partial charge in [0, 0.05) is 33.1 Å². The maximum Gasteiger partial charge on any atom is 0.281 e. The Labute approximate surface area is 150 Å². The predicted molar refractivity (Wildman–Crippen MR) is 96.5 cm³/mol. The van der Waals surface area contributed by atoms with Crippen LogP contribution < -0.4 is 10.1 Å². The minimum atomic E-state index is -3.40. The fourth-order valence-corrected chi connectivity index (χ4v) is 4.02. The fourth-order valence-electron chi connectivity index (χ4n) is 2.89. The molecule has 1 unspecified atom stereocenters. The van der Waals surface area contributed by atoms with E-state index >= 15 is 0 Å². The Kier molecular flexibility index (Phi) is 6.42. The second kappa shape index (κ2) is 8.16. The molecule has 1 atom stereocenters. The third-order valence-corrected chi connectivity index (χ3v) is 6.53. The topological polar surface area (TPSA) is 79.0 Å². The minimum Gasteiger partial charge on any atom is -0.497 e. The third-order valence-electron chi connectivity index (χ3n) is 4.59. The van der Waals surface area contributed by atoms with Crippen molar-refractivity contribution in [1.29, 1.82) is 0 Å². The SMILES string of the molecule is COc1ccc(C(C)NC(=O)C2CCN(S(=O)(=O)N(C)C)CC2)cc1. The predicted octanol–water partition coefficient (Wildman–Crippen LogP) is 1.39. The summed E-state index contributed by atoms with van der Waals surface area (Å²) in [5, 5.41) is 3.02. The molecular weight excluding hydrogens is 342 g/mol. The van der Waals surface area contributed by atoms with Gasteiger partial charge in [0.1, 0.15) is 5.75 Å². The van der Waals surface area contributed by atoms with Crippen LogP contribution in [0, 0.1) is 5.92 Å². The van der Waals surface area contributed by atoms with Crippen molar-refractivity contribution in [3.8, 4) is 5.75 Å². The Morgan fingerprint density at radius 1 is 1.24 bits per heavy atom. The van der Waals surface area contributed by atoms with Crippen LogP contribution in [0.3, 0.4) is 0 Å². The molecule has 0 saturated carbocycles. The van der Waals surface area contributed by atoms with Crippen molar-refractivity contribution in [2.75, 3.05) is 34.3 Å². The highest BCUT2D eigenvalue weighted by atomic mass is 32.2. The van der Waals surface area contributed by atoms with Crippen molar-refractivity contribution >= 4 is 16.1 Å². The number of nitrogens with one attached hydrogen (secondary N) is 1. The van der Waals surface area contributed by atoms with Crippen molar-refractivity contribution in [1.82, 2.24) is 13.9 Å². The third kappa shape index (κ3) is 4.71. The van der Waals surface area contributed by atoms with Gasteiger partial charge in [-0.25, -0.2) is 0 Å². The zero-order valence-corrected chi connectivity index (χ0v) is 16.0. The van der Waals surface area contributed by atoms with E-state index in [4.69, 9.17) is 4.74 Å². The van der Waals surface area contributed by atoms with Crippen LogP contribution in [0.5, 0.6) is 5.75 Å². The minimum absolute atomic E-state index is 0.0229. The van der Waals surface area contributed by atoms with Gasteiger partial charge in [-0.05, 0) is 37.5 Å². The van der Waals surface area contributed by atoms with Crippen LogP contribution in [0.1, 0.15) is 31.4 Å². The Morgan fingerprint density at radius 3 is 2.28 bits per heavy atom. The first-order chi connectivity index (χ1) is 11.8. The van der Waals surface area contributed by atoms with Crippen LogP contribution in [-0.4, -0.2) is 57.2 Å². The molecule has 0 aromatic heterocycles. The Balaban J connectivity index is 1.89. The van der Waals surface area contributed by atoms with Gasteiger partial charge in [-0.3, -0.25) is 4.79 Å². The number of rotatable bonds is 6. The van der Waals surface area contributed by atoms with Crippen LogP contribution in [-0.2, 0) is 15.0 Å². The number of carbonyl (C=O) groups is 1. The molecule has 25 heavy (non-hydrogen) atoms. The lowest BCUT2D eigenvalue weighted by atomic mass is 9.96. The van der Waals surface area contributed by atoms with Gasteiger partial charge in [0.15, 0.2) is 0 Å². The molecule has 8 heteroatoms. The lowest BCUT2D eigenvalue weighted by Crippen LogP contribution is -2.47. The molecule has 1 N–H and O–H groups in total. The average molecular weight is 369 g/mol. The molecule has 0 aliphatic carbocycles. The van der Waals surface area contributed by atoms with E-state index in [0.717, 1.165) is 11.3 Å². The quantitative estimate of drug-likeness (QED) is 0.822. The van der Waals surface area contributed by atoms with Gasteiger partial charge in [-0.15, -0.1) is 0 Å². The van der Waals surface area contributed by atoms with E-state index in [1.165, 1.54) is 22.7 Å². The smallest absolute Gasteiger partial charge is 0.281 e. The zero-order chi connectivity index (χ0) is 18.6. The summed E-state index contributed by atoms with van der Waals surface area (Å²) in [5.41, 5.74) is 1.00. The molecule has 1 fully saturated rings. The van der Waals surface area contributed by atoms with E-state index in [2.05, 4.69) is 5.32 Å². The van der Waals surface area contributed by atoms with Crippen molar-refractivity contribution in [2.45, 2.75) is 25.8 Å². The van der Waals surface area contributed by atoms with Gasteiger partial charge in [-0.1, -0.05) is 12.1 Å². The Morgan fingerprint density at radius 2 is 1.80 bits per heavy atom. The van der Waals surface area contributed by atoms with Crippen molar-refractivity contribution in [3.63, 3.8) is 0 Å². The summed E-state index contributed by atoms with van der Waals surface area (Å²) in [4.78, 5) is 12.5. The number of carbonyl (C=O) groups excluding carboxylic acids is 1. The van der Waals surface area contributed by atoms with Gasteiger partial charge >= 0.3 is 0 Å². The molecule has 0 spiro atoms. The van der Waals surface area contributed by atoms with Crippen molar-refractivity contribution in [2.24, 2.45) is 5.92 Å². The molecule has 7 nitrogen and oxygen atoms in total. The summed E-state index contributed by atoms with van der Waals surface area (Å²) in [7, 11) is 1.25. The summed E-state index contributed by atoms with van der Waals surface area (Å²) in [6.07, 6.45) is 1.07. The number of nitrogens with zero attached hydrogens (tertiary/aromatic N) is 2. The molecule has 0 radical (unpaired) electrons. The summed E-state index contributed by atoms with van der Waals surface area (Å²) >= 11 is 0. The molecule has 140 valence electrons. The highest BCUT2D eigenvalue weighted by Crippen LogP contribution is 2.23. The van der Waals surface area contributed by atoms with E-state index in [1.54, 1.807) is 7.11 Å². The summed E-state index contributed by atoms with van der Waals surface area (Å²) in [6, 6.07) is 7.47. The standard InChI is InChI=1S/C17H27N3O4S/c1-13(14-5-7-16(24-4)8-6-14)18-17(21)15-9-11-20(12-10-15)25(22,23)19(2)3/h5-8,13,15H,9-12H2,1-4H3,(H,18,21). The largest absolute Gasteiger partial charge is 0.497 e. The van der Waals surface area contributed by atoms with Gasteiger partial charge in [0.05, 0.1) is 13.2 Å². The fraction of sp³-hybridized carbons (Fsp3) is 0.588. The average Bonchev–Trinajstić information content (AvgIpc) is 2.61. The van der Waals surface area contributed by atoms with Gasteiger partial charge in [0.25, 0.3) is 10.2 Å². The second-order valence-corrected chi connectivity index (χ2v) is 8.61. The molecular formula is C17H27N3O4S. The molecule has 1 saturated heterocycles. The zero-order valence-electron chi connectivity index (χ0n) is 15.2. The van der Waals surface area contributed by atoms with Crippen LogP contribution in [0.25, 0.3) is 0 Å². The second-order valence-electron chi connectivity index (χ2n) is 6.47. The molecule has 1 aliphatic heterocycles. The summed E-state index contributed by atoms with van der Waals surface area (Å²) < 4.78 is 32.0. The highest BCUT2D eigenvalue weighted by molar-refractivity contribution is 7.86. The first-order valence-electron chi connectivity index (χ1n) is 8.37. The Hall–Kier alpha value is -1.64. The summed E-state index contributed by atoms with van der Waals surface area (Å²) in [6.45, 7) is 2.68. The highest BCUT2D eigenvalue weighted by Gasteiger charge is 2.32. The van der Waals surface area contributed by atoms with E-state index in [0.29, 0.717) is 25.9 Å². The first kappa shape index (κ1) is 19.7.